The van der Waals surface area contributed by atoms with Gasteiger partial charge in [-0.1, -0.05) is 17.3 Å². The largest absolute Gasteiger partial charge is 0.494 e. The highest BCUT2D eigenvalue weighted by Gasteiger charge is 2.22. The lowest BCUT2D eigenvalue weighted by atomic mass is 10.1. The predicted octanol–water partition coefficient (Wildman–Crippen LogP) is 4.44. The summed E-state index contributed by atoms with van der Waals surface area (Å²) in [5, 5.41) is 6.70. The molecular formula is C19H17FN2O3. The van der Waals surface area contributed by atoms with E-state index in [0.29, 0.717) is 29.3 Å². The second-order valence-electron chi connectivity index (χ2n) is 5.38. The van der Waals surface area contributed by atoms with Crippen LogP contribution in [0.2, 0.25) is 0 Å². The van der Waals surface area contributed by atoms with Crippen molar-refractivity contribution in [2.24, 2.45) is 0 Å². The number of nitrogens with one attached hydrogen (secondary N) is 1. The van der Waals surface area contributed by atoms with Crippen molar-refractivity contribution in [3.05, 3.63) is 65.7 Å². The van der Waals surface area contributed by atoms with Gasteiger partial charge < -0.3 is 14.6 Å². The van der Waals surface area contributed by atoms with Crippen LogP contribution in [0.4, 0.5) is 10.1 Å². The first kappa shape index (κ1) is 16.7. The third kappa shape index (κ3) is 3.68. The number of nitrogens with zero attached hydrogens (tertiary/aromatic N) is 1. The monoisotopic (exact) mass is 340 g/mol. The van der Waals surface area contributed by atoms with Gasteiger partial charge in [0.15, 0.2) is 0 Å². The van der Waals surface area contributed by atoms with Gasteiger partial charge in [-0.05, 0) is 50.2 Å². The van der Waals surface area contributed by atoms with E-state index in [9.17, 15) is 9.18 Å². The van der Waals surface area contributed by atoms with E-state index in [1.54, 1.807) is 43.3 Å². The molecule has 0 spiro atoms. The quantitative estimate of drug-likeness (QED) is 0.746. The molecule has 1 N–H and O–H groups in total. The highest BCUT2D eigenvalue weighted by molar-refractivity contribution is 6.08. The molecule has 0 saturated heterocycles. The van der Waals surface area contributed by atoms with E-state index in [0.717, 1.165) is 5.75 Å². The summed E-state index contributed by atoms with van der Waals surface area (Å²) in [5.41, 5.74) is 1.67. The highest BCUT2D eigenvalue weighted by Crippen LogP contribution is 2.27. The number of ether oxygens (including phenoxy) is 1. The summed E-state index contributed by atoms with van der Waals surface area (Å²) >= 11 is 0. The first-order valence-corrected chi connectivity index (χ1v) is 7.85. The zero-order valence-electron chi connectivity index (χ0n) is 13.9. The molecule has 0 fully saturated rings. The Bertz CT molecular complexity index is 888. The molecule has 25 heavy (non-hydrogen) atoms. The average molecular weight is 340 g/mol. The molecule has 1 heterocycles. The van der Waals surface area contributed by atoms with Gasteiger partial charge in [0.2, 0.25) is 0 Å². The van der Waals surface area contributed by atoms with E-state index >= 15 is 0 Å². The molecule has 0 unspecified atom stereocenters. The molecule has 0 saturated carbocycles. The minimum atomic E-state index is -0.406. The summed E-state index contributed by atoms with van der Waals surface area (Å²) < 4.78 is 24.0. The van der Waals surface area contributed by atoms with E-state index in [-0.39, 0.29) is 11.5 Å². The van der Waals surface area contributed by atoms with Crippen molar-refractivity contribution < 1.29 is 18.4 Å². The van der Waals surface area contributed by atoms with Crippen LogP contribution in [0.3, 0.4) is 0 Å². The van der Waals surface area contributed by atoms with Gasteiger partial charge in [0, 0.05) is 11.3 Å². The molecule has 0 aliphatic heterocycles. The van der Waals surface area contributed by atoms with E-state index in [2.05, 4.69) is 10.5 Å². The third-order valence-electron chi connectivity index (χ3n) is 3.61. The summed E-state index contributed by atoms with van der Waals surface area (Å²) in [7, 11) is 0. The van der Waals surface area contributed by atoms with E-state index < -0.39 is 5.82 Å². The number of aromatic nitrogens is 1. The van der Waals surface area contributed by atoms with Crippen LogP contribution in [0.25, 0.3) is 11.3 Å². The summed E-state index contributed by atoms with van der Waals surface area (Å²) in [6, 6.07) is 12.9. The van der Waals surface area contributed by atoms with Gasteiger partial charge >= 0.3 is 0 Å². The molecule has 3 rings (SSSR count). The number of carbonyl (C=O) groups excluding carboxylic acids is 1. The Labute approximate surface area is 144 Å². The zero-order chi connectivity index (χ0) is 17.8. The average Bonchev–Trinajstić information content (AvgIpc) is 2.98. The van der Waals surface area contributed by atoms with E-state index in [4.69, 9.17) is 9.26 Å². The van der Waals surface area contributed by atoms with Crippen LogP contribution in [-0.4, -0.2) is 17.7 Å². The van der Waals surface area contributed by atoms with Crippen LogP contribution in [0.5, 0.6) is 5.75 Å². The summed E-state index contributed by atoms with van der Waals surface area (Å²) in [5.74, 6) is 0.308. The summed E-state index contributed by atoms with van der Waals surface area (Å²) in [4.78, 5) is 12.6. The van der Waals surface area contributed by atoms with Crippen molar-refractivity contribution in [2.45, 2.75) is 13.8 Å². The molecule has 0 radical (unpaired) electrons. The van der Waals surface area contributed by atoms with Gasteiger partial charge in [0.1, 0.15) is 28.6 Å². The normalized spacial score (nSPS) is 10.5. The minimum absolute atomic E-state index is 0.277. The number of amides is 1. The molecular weight excluding hydrogens is 323 g/mol. The fraction of sp³-hybridized carbons (Fsp3) is 0.158. The van der Waals surface area contributed by atoms with Gasteiger partial charge in [0.25, 0.3) is 5.91 Å². The lowest BCUT2D eigenvalue weighted by molar-refractivity contribution is 0.102. The number of halogens is 1. The summed E-state index contributed by atoms with van der Waals surface area (Å²) in [6.45, 7) is 4.11. The third-order valence-corrected chi connectivity index (χ3v) is 3.61. The Morgan fingerprint density at radius 2 is 2.00 bits per heavy atom. The maximum Gasteiger partial charge on any atom is 0.261 e. The Morgan fingerprint density at radius 3 is 2.68 bits per heavy atom. The van der Waals surface area contributed by atoms with Crippen LogP contribution in [0.15, 0.2) is 53.1 Å². The lowest BCUT2D eigenvalue weighted by Gasteiger charge is -2.07. The van der Waals surface area contributed by atoms with Crippen molar-refractivity contribution in [3.63, 3.8) is 0 Å². The Kier molecular flexibility index (Phi) is 4.79. The van der Waals surface area contributed by atoms with Crippen molar-refractivity contribution in [1.82, 2.24) is 5.16 Å². The van der Waals surface area contributed by atoms with E-state index in [1.807, 2.05) is 6.92 Å². The maximum absolute atomic E-state index is 13.5. The topological polar surface area (TPSA) is 64.4 Å². The Balaban J connectivity index is 1.86. The first-order valence-electron chi connectivity index (χ1n) is 7.85. The molecule has 0 bridgehead atoms. The first-order chi connectivity index (χ1) is 12.1. The Morgan fingerprint density at radius 1 is 1.24 bits per heavy atom. The van der Waals surface area contributed by atoms with Crippen molar-refractivity contribution in [2.75, 3.05) is 11.9 Å². The van der Waals surface area contributed by atoms with Gasteiger partial charge in [-0.15, -0.1) is 0 Å². The number of hydrogen-bond donors (Lipinski definition) is 1. The molecule has 3 aromatic rings. The van der Waals surface area contributed by atoms with Crippen molar-refractivity contribution in [1.29, 1.82) is 0 Å². The van der Waals surface area contributed by atoms with Crippen LogP contribution in [0, 0.1) is 12.7 Å². The lowest BCUT2D eigenvalue weighted by Crippen LogP contribution is -2.13. The fourth-order valence-corrected chi connectivity index (χ4v) is 2.47. The smallest absolute Gasteiger partial charge is 0.261 e. The fourth-order valence-electron chi connectivity index (χ4n) is 2.47. The molecule has 6 heteroatoms. The number of carbonyl (C=O) groups is 1. The predicted molar refractivity (Wildman–Crippen MR) is 92.2 cm³/mol. The van der Waals surface area contributed by atoms with E-state index in [1.165, 1.54) is 12.1 Å². The Hall–Kier alpha value is -3.15. The summed E-state index contributed by atoms with van der Waals surface area (Å²) in [6.07, 6.45) is 0. The number of rotatable bonds is 5. The van der Waals surface area contributed by atoms with Crippen LogP contribution >= 0.6 is 0 Å². The number of benzene rings is 2. The van der Waals surface area contributed by atoms with Crippen molar-refractivity contribution >= 4 is 11.6 Å². The molecule has 1 aromatic heterocycles. The molecule has 2 aromatic carbocycles. The number of anilines is 1. The van der Waals surface area contributed by atoms with Gasteiger partial charge in [0.05, 0.1) is 6.61 Å². The molecule has 128 valence electrons. The standard InChI is InChI=1S/C19H17FN2O3/c1-3-24-16-9-7-15(8-10-16)21-19(23)17-12(2)25-22-18(17)13-5-4-6-14(20)11-13/h4-11H,3H2,1-2H3,(H,21,23). The SMILES string of the molecule is CCOc1ccc(NC(=O)c2c(-c3cccc(F)c3)noc2C)cc1. The van der Waals surface area contributed by atoms with Crippen LogP contribution in [0.1, 0.15) is 23.0 Å². The van der Waals surface area contributed by atoms with Gasteiger partial charge in [-0.25, -0.2) is 4.39 Å². The number of aryl methyl sites for hydroxylation is 1. The molecule has 0 aliphatic rings. The highest BCUT2D eigenvalue weighted by atomic mass is 19.1. The molecule has 0 atom stereocenters. The molecule has 5 nitrogen and oxygen atoms in total. The minimum Gasteiger partial charge on any atom is -0.494 e. The second kappa shape index (κ2) is 7.17. The molecule has 1 amide bonds. The second-order valence-corrected chi connectivity index (χ2v) is 5.38. The van der Waals surface area contributed by atoms with Crippen molar-refractivity contribution in [3.8, 4) is 17.0 Å². The molecule has 0 aliphatic carbocycles. The van der Waals surface area contributed by atoms with Crippen LogP contribution in [-0.2, 0) is 0 Å². The van der Waals surface area contributed by atoms with Gasteiger partial charge in [-0.3, -0.25) is 4.79 Å². The maximum atomic E-state index is 13.5. The van der Waals surface area contributed by atoms with Crippen LogP contribution < -0.4 is 10.1 Å². The zero-order valence-corrected chi connectivity index (χ0v) is 13.9. The number of hydrogen-bond acceptors (Lipinski definition) is 4. The van der Waals surface area contributed by atoms with Gasteiger partial charge in [-0.2, -0.15) is 0 Å².